The SMILES string of the molecule is COC(=O)CC1Cc2ccc(C(=O)NCCCCNC(=N)N)cc2NC1=O. The van der Waals surface area contributed by atoms with Gasteiger partial charge in [0, 0.05) is 24.3 Å². The van der Waals surface area contributed by atoms with Crippen LogP contribution in [0.25, 0.3) is 0 Å². The quantitative estimate of drug-likeness (QED) is 0.192. The minimum Gasteiger partial charge on any atom is -0.469 e. The number of hydrogen-bond donors (Lipinski definition) is 5. The number of esters is 1. The number of nitrogens with two attached hydrogens (primary N) is 1. The summed E-state index contributed by atoms with van der Waals surface area (Å²) in [6.07, 6.45) is 1.99. The number of methoxy groups -OCH3 is 1. The average molecular weight is 375 g/mol. The molecule has 9 nitrogen and oxygen atoms in total. The Bertz CT molecular complexity index is 734. The fourth-order valence-corrected chi connectivity index (χ4v) is 2.83. The van der Waals surface area contributed by atoms with Crippen LogP contribution in [0.4, 0.5) is 5.69 Å². The van der Waals surface area contributed by atoms with Crippen LogP contribution in [-0.4, -0.2) is 43.9 Å². The van der Waals surface area contributed by atoms with E-state index < -0.39 is 11.9 Å². The summed E-state index contributed by atoms with van der Waals surface area (Å²) in [6, 6.07) is 5.15. The summed E-state index contributed by atoms with van der Waals surface area (Å²) in [5, 5.41) is 15.3. The highest BCUT2D eigenvalue weighted by Crippen LogP contribution is 2.28. The number of amides is 2. The first-order chi connectivity index (χ1) is 12.9. The average Bonchev–Trinajstić information content (AvgIpc) is 2.64. The van der Waals surface area contributed by atoms with E-state index in [9.17, 15) is 14.4 Å². The van der Waals surface area contributed by atoms with E-state index in [1.54, 1.807) is 18.2 Å². The zero-order chi connectivity index (χ0) is 19.8. The molecule has 2 rings (SSSR count). The second kappa shape index (κ2) is 9.56. The molecule has 0 saturated heterocycles. The minimum atomic E-state index is -0.465. The molecule has 0 saturated carbocycles. The summed E-state index contributed by atoms with van der Waals surface area (Å²) in [6.45, 7) is 1.09. The van der Waals surface area contributed by atoms with Crippen molar-refractivity contribution in [1.82, 2.24) is 10.6 Å². The van der Waals surface area contributed by atoms with E-state index in [0.29, 0.717) is 30.8 Å². The van der Waals surface area contributed by atoms with Crippen LogP contribution in [0.3, 0.4) is 0 Å². The van der Waals surface area contributed by atoms with Crippen molar-refractivity contribution >= 4 is 29.4 Å². The smallest absolute Gasteiger partial charge is 0.306 e. The molecule has 27 heavy (non-hydrogen) atoms. The van der Waals surface area contributed by atoms with E-state index in [0.717, 1.165) is 18.4 Å². The van der Waals surface area contributed by atoms with Gasteiger partial charge in [-0.15, -0.1) is 0 Å². The molecule has 146 valence electrons. The Labute approximate surface area is 157 Å². The molecule has 1 unspecified atom stereocenters. The predicted molar refractivity (Wildman–Crippen MR) is 100 cm³/mol. The van der Waals surface area contributed by atoms with Crippen molar-refractivity contribution in [3.8, 4) is 0 Å². The predicted octanol–water partition coefficient (Wildman–Crippen LogP) is 0.354. The highest BCUT2D eigenvalue weighted by Gasteiger charge is 2.29. The van der Waals surface area contributed by atoms with Crippen LogP contribution in [0.15, 0.2) is 18.2 Å². The number of guanidine groups is 1. The van der Waals surface area contributed by atoms with Gasteiger partial charge in [0.25, 0.3) is 5.91 Å². The van der Waals surface area contributed by atoms with E-state index in [-0.39, 0.29) is 24.2 Å². The van der Waals surface area contributed by atoms with Crippen molar-refractivity contribution in [3.63, 3.8) is 0 Å². The summed E-state index contributed by atoms with van der Waals surface area (Å²) in [5.74, 6) is -1.42. The van der Waals surface area contributed by atoms with Crippen LogP contribution >= 0.6 is 0 Å². The molecule has 0 spiro atoms. The van der Waals surface area contributed by atoms with Gasteiger partial charge in [-0.2, -0.15) is 0 Å². The fraction of sp³-hybridized carbons (Fsp3) is 0.444. The second-order valence-corrected chi connectivity index (χ2v) is 6.35. The first-order valence-electron chi connectivity index (χ1n) is 8.77. The number of carbonyl (C=O) groups excluding carboxylic acids is 3. The summed E-state index contributed by atoms with van der Waals surface area (Å²) >= 11 is 0. The van der Waals surface area contributed by atoms with Gasteiger partial charge < -0.3 is 26.4 Å². The minimum absolute atomic E-state index is 0.0303. The summed E-state index contributed by atoms with van der Waals surface area (Å²) in [4.78, 5) is 35.8. The highest BCUT2D eigenvalue weighted by atomic mass is 16.5. The molecule has 1 atom stereocenters. The summed E-state index contributed by atoms with van der Waals surface area (Å²) in [7, 11) is 1.29. The van der Waals surface area contributed by atoms with Crippen LogP contribution in [0, 0.1) is 11.3 Å². The lowest BCUT2D eigenvalue weighted by molar-refractivity contribution is -0.143. The van der Waals surface area contributed by atoms with Gasteiger partial charge in [-0.25, -0.2) is 0 Å². The third-order valence-corrected chi connectivity index (χ3v) is 4.31. The molecule has 6 N–H and O–H groups in total. The van der Waals surface area contributed by atoms with E-state index in [1.807, 2.05) is 0 Å². The molecular weight excluding hydrogens is 350 g/mol. The van der Waals surface area contributed by atoms with Crippen molar-refractivity contribution < 1.29 is 19.1 Å². The van der Waals surface area contributed by atoms with Gasteiger partial charge in [-0.1, -0.05) is 6.07 Å². The van der Waals surface area contributed by atoms with Gasteiger partial charge in [0.1, 0.15) is 0 Å². The maximum absolute atomic E-state index is 12.2. The van der Waals surface area contributed by atoms with Crippen LogP contribution in [0.2, 0.25) is 0 Å². The largest absolute Gasteiger partial charge is 0.469 e. The number of benzene rings is 1. The zero-order valence-corrected chi connectivity index (χ0v) is 15.3. The molecule has 2 amide bonds. The monoisotopic (exact) mass is 375 g/mol. The Kier molecular flexibility index (Phi) is 7.16. The molecule has 0 radical (unpaired) electrons. The van der Waals surface area contributed by atoms with E-state index >= 15 is 0 Å². The standard InChI is InChI=1S/C18H25N5O4/c1-27-15(24)10-13-8-11-4-5-12(9-14(11)23-17(13)26)16(25)21-6-2-3-7-22-18(19)20/h4-5,9,13H,2-3,6-8,10H2,1H3,(H,21,25)(H,23,26)(H4,19,20,22). The molecule has 1 aliphatic heterocycles. The summed E-state index contributed by atoms with van der Waals surface area (Å²) < 4.78 is 4.62. The molecule has 1 aromatic carbocycles. The zero-order valence-electron chi connectivity index (χ0n) is 15.3. The van der Waals surface area contributed by atoms with Gasteiger partial charge >= 0.3 is 5.97 Å². The number of anilines is 1. The highest BCUT2D eigenvalue weighted by molar-refractivity contribution is 6.00. The topological polar surface area (TPSA) is 146 Å². The van der Waals surface area contributed by atoms with Crippen molar-refractivity contribution in [1.29, 1.82) is 5.41 Å². The van der Waals surface area contributed by atoms with Crippen LogP contribution < -0.4 is 21.7 Å². The maximum atomic E-state index is 12.2. The van der Waals surface area contributed by atoms with Crippen LogP contribution in [0.1, 0.15) is 35.2 Å². The van der Waals surface area contributed by atoms with Crippen LogP contribution in [0.5, 0.6) is 0 Å². The molecular formula is C18H25N5O4. The first-order valence-corrected chi connectivity index (χ1v) is 8.77. The Morgan fingerprint density at radius 2 is 2.00 bits per heavy atom. The van der Waals surface area contributed by atoms with Crippen molar-refractivity contribution in [3.05, 3.63) is 29.3 Å². The normalized spacial score (nSPS) is 15.3. The molecule has 0 aliphatic carbocycles. The summed E-state index contributed by atoms with van der Waals surface area (Å²) in [5.41, 5.74) is 7.13. The van der Waals surface area contributed by atoms with E-state index in [1.165, 1.54) is 7.11 Å². The van der Waals surface area contributed by atoms with Crippen molar-refractivity contribution in [2.24, 2.45) is 11.7 Å². The van der Waals surface area contributed by atoms with Gasteiger partial charge in [0.2, 0.25) is 5.91 Å². The lowest BCUT2D eigenvalue weighted by Gasteiger charge is -2.24. The lowest BCUT2D eigenvalue weighted by Crippen LogP contribution is -2.32. The molecule has 1 aliphatic rings. The second-order valence-electron chi connectivity index (χ2n) is 6.35. The number of ether oxygens (including phenoxy) is 1. The van der Waals surface area contributed by atoms with E-state index in [4.69, 9.17) is 11.1 Å². The van der Waals surface area contributed by atoms with Crippen molar-refractivity contribution in [2.45, 2.75) is 25.7 Å². The Hall–Kier alpha value is -3.10. The third-order valence-electron chi connectivity index (χ3n) is 4.31. The lowest BCUT2D eigenvalue weighted by atomic mass is 9.90. The van der Waals surface area contributed by atoms with Gasteiger partial charge in [-0.3, -0.25) is 19.8 Å². The van der Waals surface area contributed by atoms with Crippen LogP contribution in [-0.2, 0) is 20.7 Å². The Morgan fingerprint density at radius 3 is 2.67 bits per heavy atom. The molecule has 9 heteroatoms. The molecule has 1 heterocycles. The molecule has 0 aromatic heterocycles. The van der Waals surface area contributed by atoms with Gasteiger partial charge in [0.05, 0.1) is 19.4 Å². The number of fused-ring (bicyclic) bond motifs is 1. The van der Waals surface area contributed by atoms with Crippen molar-refractivity contribution in [2.75, 3.05) is 25.5 Å². The van der Waals surface area contributed by atoms with Gasteiger partial charge in [0.15, 0.2) is 5.96 Å². The Morgan fingerprint density at radius 1 is 1.30 bits per heavy atom. The molecule has 0 fully saturated rings. The Balaban J connectivity index is 1.87. The van der Waals surface area contributed by atoms with Gasteiger partial charge in [-0.05, 0) is 37.0 Å². The number of nitrogens with one attached hydrogen (secondary N) is 4. The number of rotatable bonds is 8. The number of hydrogen-bond acceptors (Lipinski definition) is 5. The fourth-order valence-electron chi connectivity index (χ4n) is 2.83. The molecule has 1 aromatic rings. The number of carbonyl (C=O) groups is 3. The molecule has 0 bridgehead atoms. The first kappa shape index (κ1) is 20.2. The van der Waals surface area contributed by atoms with E-state index in [2.05, 4.69) is 20.7 Å². The maximum Gasteiger partial charge on any atom is 0.306 e. The third kappa shape index (κ3) is 5.98. The number of unbranched alkanes of at least 4 members (excludes halogenated alkanes) is 1.